The first-order valence-electron chi connectivity index (χ1n) is 9.19. The van der Waals surface area contributed by atoms with Crippen molar-refractivity contribution in [1.29, 1.82) is 0 Å². The van der Waals surface area contributed by atoms with Crippen LogP contribution >= 0.6 is 0 Å². The molecule has 0 atom stereocenters. The zero-order chi connectivity index (χ0) is 17.3. The van der Waals surface area contributed by atoms with E-state index < -0.39 is 0 Å². The van der Waals surface area contributed by atoms with Crippen LogP contribution in [0, 0.1) is 5.92 Å². The Morgan fingerprint density at radius 1 is 1.16 bits per heavy atom. The SMILES string of the molecule is CCNC(=NCc1ccccc1OCC1CC1)NCCn1cccc1. The lowest BCUT2D eigenvalue weighted by molar-refractivity contribution is 0.297. The van der Waals surface area contributed by atoms with Crippen LogP contribution in [0.25, 0.3) is 0 Å². The van der Waals surface area contributed by atoms with E-state index in [1.165, 1.54) is 12.8 Å². The Bertz CT molecular complexity index is 662. The Labute approximate surface area is 150 Å². The van der Waals surface area contributed by atoms with E-state index in [9.17, 15) is 0 Å². The van der Waals surface area contributed by atoms with Crippen molar-refractivity contribution in [2.75, 3.05) is 19.7 Å². The van der Waals surface area contributed by atoms with Crippen molar-refractivity contribution in [3.05, 3.63) is 54.4 Å². The van der Waals surface area contributed by atoms with E-state index in [1.54, 1.807) is 0 Å². The molecule has 134 valence electrons. The fourth-order valence-electron chi connectivity index (χ4n) is 2.60. The van der Waals surface area contributed by atoms with Crippen LogP contribution in [0.5, 0.6) is 5.75 Å². The van der Waals surface area contributed by atoms with Gasteiger partial charge in [-0.25, -0.2) is 4.99 Å². The number of para-hydroxylation sites is 1. The number of nitrogens with one attached hydrogen (secondary N) is 2. The molecule has 25 heavy (non-hydrogen) atoms. The predicted molar refractivity (Wildman–Crippen MR) is 102 cm³/mol. The van der Waals surface area contributed by atoms with Gasteiger partial charge in [0.1, 0.15) is 5.75 Å². The molecule has 0 aliphatic heterocycles. The van der Waals surface area contributed by atoms with Crippen LogP contribution in [-0.4, -0.2) is 30.2 Å². The highest BCUT2D eigenvalue weighted by Crippen LogP contribution is 2.30. The van der Waals surface area contributed by atoms with Crippen LogP contribution in [0.3, 0.4) is 0 Å². The van der Waals surface area contributed by atoms with Crippen LogP contribution < -0.4 is 15.4 Å². The maximum Gasteiger partial charge on any atom is 0.191 e. The molecule has 1 saturated carbocycles. The number of hydrogen-bond donors (Lipinski definition) is 2. The molecule has 1 aromatic carbocycles. The van der Waals surface area contributed by atoms with E-state index in [4.69, 9.17) is 9.73 Å². The first-order valence-corrected chi connectivity index (χ1v) is 9.19. The summed E-state index contributed by atoms with van der Waals surface area (Å²) in [6.07, 6.45) is 6.74. The summed E-state index contributed by atoms with van der Waals surface area (Å²) in [4.78, 5) is 4.71. The number of guanidine groups is 1. The largest absolute Gasteiger partial charge is 0.493 e. The van der Waals surface area contributed by atoms with Gasteiger partial charge in [0.15, 0.2) is 5.96 Å². The number of rotatable bonds is 9. The summed E-state index contributed by atoms with van der Waals surface area (Å²) in [5.41, 5.74) is 1.13. The third kappa shape index (κ3) is 5.85. The highest BCUT2D eigenvalue weighted by molar-refractivity contribution is 5.79. The Morgan fingerprint density at radius 3 is 2.72 bits per heavy atom. The molecular weight excluding hydrogens is 312 g/mol. The summed E-state index contributed by atoms with van der Waals surface area (Å²) in [5.74, 6) is 2.55. The molecule has 0 bridgehead atoms. The molecule has 2 aromatic rings. The molecule has 1 heterocycles. The number of benzene rings is 1. The second-order valence-electron chi connectivity index (χ2n) is 6.40. The van der Waals surface area contributed by atoms with Gasteiger partial charge in [0.25, 0.3) is 0 Å². The van der Waals surface area contributed by atoms with Gasteiger partial charge in [-0.2, -0.15) is 0 Å². The minimum absolute atomic E-state index is 0.611. The number of hydrogen-bond acceptors (Lipinski definition) is 2. The molecule has 1 aromatic heterocycles. The van der Waals surface area contributed by atoms with E-state index in [0.29, 0.717) is 6.54 Å². The minimum Gasteiger partial charge on any atom is -0.493 e. The van der Waals surface area contributed by atoms with Gasteiger partial charge < -0.3 is 19.9 Å². The van der Waals surface area contributed by atoms with Crippen LogP contribution in [0.4, 0.5) is 0 Å². The van der Waals surface area contributed by atoms with Crippen molar-refractivity contribution in [2.24, 2.45) is 10.9 Å². The quantitative estimate of drug-likeness (QED) is 0.545. The average molecular weight is 340 g/mol. The minimum atomic E-state index is 0.611. The first-order chi connectivity index (χ1) is 12.3. The van der Waals surface area contributed by atoms with Gasteiger partial charge in [-0.05, 0) is 43.9 Å². The van der Waals surface area contributed by atoms with Gasteiger partial charge in [-0.15, -0.1) is 0 Å². The Balaban J connectivity index is 1.54. The molecule has 0 unspecified atom stereocenters. The van der Waals surface area contributed by atoms with Crippen molar-refractivity contribution in [3.63, 3.8) is 0 Å². The second-order valence-corrected chi connectivity index (χ2v) is 6.40. The fraction of sp³-hybridized carbons (Fsp3) is 0.450. The standard InChI is InChI=1S/C20H28N4O/c1-2-21-20(22-11-14-24-12-5-6-13-24)23-15-18-7-3-4-8-19(18)25-16-17-9-10-17/h3-8,12-13,17H,2,9-11,14-16H2,1H3,(H2,21,22,23). The fourth-order valence-corrected chi connectivity index (χ4v) is 2.60. The zero-order valence-electron chi connectivity index (χ0n) is 14.9. The number of nitrogens with zero attached hydrogens (tertiary/aromatic N) is 2. The molecule has 0 amide bonds. The van der Waals surface area contributed by atoms with E-state index >= 15 is 0 Å². The van der Waals surface area contributed by atoms with E-state index in [2.05, 4.69) is 40.6 Å². The van der Waals surface area contributed by atoms with Crippen LogP contribution in [-0.2, 0) is 13.1 Å². The van der Waals surface area contributed by atoms with Gasteiger partial charge >= 0.3 is 0 Å². The monoisotopic (exact) mass is 340 g/mol. The number of aliphatic imine (C=N–C) groups is 1. The van der Waals surface area contributed by atoms with Crippen LogP contribution in [0.2, 0.25) is 0 Å². The lowest BCUT2D eigenvalue weighted by Gasteiger charge is -2.13. The summed E-state index contributed by atoms with van der Waals surface area (Å²) in [5, 5.41) is 6.69. The van der Waals surface area contributed by atoms with Crippen molar-refractivity contribution in [3.8, 4) is 5.75 Å². The lowest BCUT2D eigenvalue weighted by atomic mass is 10.2. The average Bonchev–Trinajstić information content (AvgIpc) is 3.32. The summed E-state index contributed by atoms with van der Waals surface area (Å²) in [6.45, 7) is 6.11. The Kier molecular flexibility index (Phi) is 6.37. The van der Waals surface area contributed by atoms with Gasteiger partial charge in [-0.1, -0.05) is 18.2 Å². The van der Waals surface area contributed by atoms with Crippen LogP contribution in [0.15, 0.2) is 53.8 Å². The van der Waals surface area contributed by atoms with E-state index in [1.807, 2.05) is 30.3 Å². The summed E-state index contributed by atoms with van der Waals surface area (Å²) in [6, 6.07) is 12.3. The predicted octanol–water partition coefficient (Wildman–Crippen LogP) is 3.03. The lowest BCUT2D eigenvalue weighted by Crippen LogP contribution is -2.38. The molecule has 1 aliphatic rings. The Hall–Kier alpha value is -2.43. The highest BCUT2D eigenvalue weighted by Gasteiger charge is 2.22. The maximum absolute atomic E-state index is 5.97. The molecule has 2 N–H and O–H groups in total. The zero-order valence-corrected chi connectivity index (χ0v) is 14.9. The normalized spacial score (nSPS) is 14.4. The third-order valence-electron chi connectivity index (χ3n) is 4.22. The van der Waals surface area contributed by atoms with Crippen molar-refractivity contribution in [1.82, 2.24) is 15.2 Å². The molecule has 3 rings (SSSR count). The molecular formula is C20H28N4O. The molecule has 5 nitrogen and oxygen atoms in total. The second kappa shape index (κ2) is 9.16. The molecule has 5 heteroatoms. The molecule has 0 spiro atoms. The van der Waals surface area contributed by atoms with E-state index in [-0.39, 0.29) is 0 Å². The molecule has 0 radical (unpaired) electrons. The van der Waals surface area contributed by atoms with Gasteiger partial charge in [0.2, 0.25) is 0 Å². The topological polar surface area (TPSA) is 50.6 Å². The highest BCUT2D eigenvalue weighted by atomic mass is 16.5. The van der Waals surface area contributed by atoms with Crippen molar-refractivity contribution < 1.29 is 4.74 Å². The van der Waals surface area contributed by atoms with Gasteiger partial charge in [-0.3, -0.25) is 0 Å². The maximum atomic E-state index is 5.97. The van der Waals surface area contributed by atoms with Crippen molar-refractivity contribution in [2.45, 2.75) is 32.9 Å². The van der Waals surface area contributed by atoms with E-state index in [0.717, 1.165) is 49.4 Å². The smallest absolute Gasteiger partial charge is 0.191 e. The number of ether oxygens (including phenoxy) is 1. The van der Waals surface area contributed by atoms with Gasteiger partial charge in [0.05, 0.1) is 13.2 Å². The molecule has 0 saturated heterocycles. The molecule has 1 fully saturated rings. The summed E-state index contributed by atoms with van der Waals surface area (Å²) in [7, 11) is 0. The Morgan fingerprint density at radius 2 is 1.96 bits per heavy atom. The first kappa shape index (κ1) is 17.4. The summed E-state index contributed by atoms with van der Waals surface area (Å²) >= 11 is 0. The van der Waals surface area contributed by atoms with Crippen LogP contribution in [0.1, 0.15) is 25.3 Å². The third-order valence-corrected chi connectivity index (χ3v) is 4.22. The van der Waals surface area contributed by atoms with Gasteiger partial charge in [0, 0.05) is 37.6 Å². The molecule has 1 aliphatic carbocycles. The number of aromatic nitrogens is 1. The summed E-state index contributed by atoms with van der Waals surface area (Å²) < 4.78 is 8.12. The van der Waals surface area contributed by atoms with Crippen molar-refractivity contribution >= 4 is 5.96 Å².